The molecule has 0 saturated heterocycles. The number of rotatable bonds is 13. The number of nitrogens with zero attached hydrogens (tertiary/aromatic N) is 1. The molecule has 1 rings (SSSR count). The van der Waals surface area contributed by atoms with Gasteiger partial charge in [-0.25, -0.2) is 0 Å². The third-order valence-electron chi connectivity index (χ3n) is 4.40. The van der Waals surface area contributed by atoms with Gasteiger partial charge in [0.2, 0.25) is 6.04 Å². The van der Waals surface area contributed by atoms with Gasteiger partial charge in [0.15, 0.2) is 0 Å². The van der Waals surface area contributed by atoms with E-state index in [2.05, 4.69) is 16.0 Å². The highest BCUT2D eigenvalue weighted by atomic mass is 16.6. The number of hydrogen-bond donors (Lipinski definition) is 5. The van der Waals surface area contributed by atoms with Gasteiger partial charge >= 0.3 is 0 Å². The van der Waals surface area contributed by atoms with Crippen molar-refractivity contribution in [2.45, 2.75) is 44.2 Å². The molecule has 0 aromatic heterocycles. The molecule has 6 N–H and O–H groups in total. The van der Waals surface area contributed by atoms with E-state index in [1.54, 1.807) is 0 Å². The minimum absolute atomic E-state index is 0.123. The van der Waals surface area contributed by atoms with E-state index < -0.39 is 0 Å². The maximum absolute atomic E-state index is 10.7. The number of aliphatic hydroxyl groups is 1. The average molecular weight is 331 g/mol. The molecular formula is C15H33N5O3. The van der Waals surface area contributed by atoms with Crippen LogP contribution in [0.5, 0.6) is 0 Å². The Morgan fingerprint density at radius 2 is 1.61 bits per heavy atom. The molecule has 136 valence electrons. The van der Waals surface area contributed by atoms with Gasteiger partial charge in [-0.1, -0.05) is 0 Å². The predicted molar refractivity (Wildman–Crippen MR) is 91.0 cm³/mol. The summed E-state index contributed by atoms with van der Waals surface area (Å²) in [6, 6.07) is -0.211. The van der Waals surface area contributed by atoms with Gasteiger partial charge in [0.1, 0.15) is 0 Å². The highest BCUT2D eigenvalue weighted by Gasteiger charge is 2.28. The van der Waals surface area contributed by atoms with Gasteiger partial charge < -0.3 is 26.8 Å². The zero-order chi connectivity index (χ0) is 16.9. The van der Waals surface area contributed by atoms with E-state index in [9.17, 15) is 10.1 Å². The van der Waals surface area contributed by atoms with Crippen LogP contribution >= 0.6 is 0 Å². The van der Waals surface area contributed by atoms with Crippen molar-refractivity contribution < 1.29 is 10.0 Å². The Balaban J connectivity index is 1.93. The van der Waals surface area contributed by atoms with E-state index in [-0.39, 0.29) is 23.6 Å². The van der Waals surface area contributed by atoms with Gasteiger partial charge in [0.05, 0.1) is 6.61 Å². The van der Waals surface area contributed by atoms with E-state index in [0.717, 1.165) is 52.0 Å². The van der Waals surface area contributed by atoms with Crippen LogP contribution in [0.2, 0.25) is 0 Å². The summed E-state index contributed by atoms with van der Waals surface area (Å²) in [7, 11) is 0. The molecule has 23 heavy (non-hydrogen) atoms. The fourth-order valence-corrected chi connectivity index (χ4v) is 3.07. The van der Waals surface area contributed by atoms with E-state index in [4.69, 9.17) is 10.8 Å². The van der Waals surface area contributed by atoms with Crippen LogP contribution in [0.1, 0.15) is 32.1 Å². The summed E-state index contributed by atoms with van der Waals surface area (Å²) < 4.78 is 0. The second-order valence-corrected chi connectivity index (χ2v) is 6.38. The lowest BCUT2D eigenvalue weighted by molar-refractivity contribution is -0.527. The van der Waals surface area contributed by atoms with Gasteiger partial charge in [0, 0.05) is 63.1 Å². The molecule has 0 spiro atoms. The molecule has 0 aliphatic heterocycles. The molecule has 1 saturated carbocycles. The van der Waals surface area contributed by atoms with Crippen molar-refractivity contribution in [1.29, 1.82) is 0 Å². The van der Waals surface area contributed by atoms with Crippen molar-refractivity contribution in [2.24, 2.45) is 11.7 Å². The maximum Gasteiger partial charge on any atom is 0.213 e. The van der Waals surface area contributed by atoms with Crippen LogP contribution in [0.15, 0.2) is 0 Å². The number of nitrogens with two attached hydrogens (primary N) is 1. The third kappa shape index (κ3) is 9.83. The molecule has 8 heteroatoms. The Morgan fingerprint density at radius 1 is 1.04 bits per heavy atom. The molecule has 0 aromatic carbocycles. The minimum Gasteiger partial charge on any atom is -0.395 e. The first-order chi connectivity index (χ1) is 11.1. The third-order valence-corrected chi connectivity index (χ3v) is 4.40. The molecule has 1 atom stereocenters. The van der Waals surface area contributed by atoms with Crippen LogP contribution in [0, 0.1) is 16.0 Å². The summed E-state index contributed by atoms with van der Waals surface area (Å²) >= 11 is 0. The first-order valence-electron chi connectivity index (χ1n) is 8.75. The van der Waals surface area contributed by atoms with Crippen molar-refractivity contribution in [1.82, 2.24) is 16.0 Å². The van der Waals surface area contributed by atoms with Crippen molar-refractivity contribution in [3.8, 4) is 0 Å². The second kappa shape index (κ2) is 12.6. The fourth-order valence-electron chi connectivity index (χ4n) is 3.07. The van der Waals surface area contributed by atoms with Crippen LogP contribution in [0.4, 0.5) is 0 Å². The van der Waals surface area contributed by atoms with E-state index in [1.807, 2.05) is 0 Å². The molecular weight excluding hydrogens is 298 g/mol. The zero-order valence-corrected chi connectivity index (χ0v) is 14.0. The molecule has 0 amide bonds. The summed E-state index contributed by atoms with van der Waals surface area (Å²) in [6.07, 6.45) is 4.22. The second-order valence-electron chi connectivity index (χ2n) is 6.38. The van der Waals surface area contributed by atoms with Gasteiger partial charge in [-0.3, -0.25) is 10.1 Å². The highest BCUT2D eigenvalue weighted by molar-refractivity contribution is 4.77. The zero-order valence-electron chi connectivity index (χ0n) is 14.0. The smallest absolute Gasteiger partial charge is 0.213 e. The lowest BCUT2D eigenvalue weighted by Crippen LogP contribution is -2.40. The molecule has 0 radical (unpaired) electrons. The van der Waals surface area contributed by atoms with Crippen LogP contribution < -0.4 is 21.7 Å². The van der Waals surface area contributed by atoms with Crippen molar-refractivity contribution >= 4 is 0 Å². The molecule has 0 bridgehead atoms. The van der Waals surface area contributed by atoms with Crippen LogP contribution in [0.3, 0.4) is 0 Å². The Morgan fingerprint density at radius 3 is 2.17 bits per heavy atom. The van der Waals surface area contributed by atoms with E-state index in [1.165, 1.54) is 0 Å². The predicted octanol–water partition coefficient (Wildman–Crippen LogP) is -0.700. The lowest BCUT2D eigenvalue weighted by Gasteiger charge is -2.26. The van der Waals surface area contributed by atoms with E-state index in [0.29, 0.717) is 25.3 Å². The molecule has 1 aliphatic carbocycles. The summed E-state index contributed by atoms with van der Waals surface area (Å²) in [4.78, 5) is 10.6. The molecule has 1 fully saturated rings. The van der Waals surface area contributed by atoms with Crippen LogP contribution in [-0.4, -0.2) is 68.0 Å². The Bertz CT molecular complexity index is 311. The van der Waals surface area contributed by atoms with Crippen molar-refractivity contribution in [3.63, 3.8) is 0 Å². The van der Waals surface area contributed by atoms with Crippen molar-refractivity contribution in [3.05, 3.63) is 10.1 Å². The standard InChI is InChI=1S/C15H33N5O3/c16-14(11-13-1-3-15(4-2-13)20(22)23)12-19-8-7-17-5-6-18-9-10-21/h13-15,17-19,21H,1-12,16H2. The Kier molecular flexibility index (Phi) is 11.1. The number of hydrogen-bond acceptors (Lipinski definition) is 7. The van der Waals surface area contributed by atoms with Gasteiger partial charge in [0.25, 0.3) is 0 Å². The maximum atomic E-state index is 10.7. The highest BCUT2D eigenvalue weighted by Crippen LogP contribution is 2.28. The molecule has 1 unspecified atom stereocenters. The largest absolute Gasteiger partial charge is 0.395 e. The number of nitro groups is 1. The fraction of sp³-hybridized carbons (Fsp3) is 1.00. The van der Waals surface area contributed by atoms with Gasteiger partial charge in [-0.2, -0.15) is 0 Å². The summed E-state index contributed by atoms with van der Waals surface area (Å²) in [5.74, 6) is 0.540. The molecule has 1 aliphatic rings. The SMILES string of the molecule is NC(CNCCNCCNCCO)CC1CCC([N+](=O)[O-])CC1. The Hall–Kier alpha value is -0.800. The van der Waals surface area contributed by atoms with Gasteiger partial charge in [-0.05, 0) is 25.2 Å². The number of nitrogens with one attached hydrogen (secondary N) is 3. The van der Waals surface area contributed by atoms with Crippen molar-refractivity contribution in [2.75, 3.05) is 45.9 Å². The molecule has 0 heterocycles. The first-order valence-corrected chi connectivity index (χ1v) is 8.75. The summed E-state index contributed by atoms with van der Waals surface area (Å²) in [6.45, 7) is 5.11. The van der Waals surface area contributed by atoms with Crippen LogP contribution in [-0.2, 0) is 0 Å². The quantitative estimate of drug-likeness (QED) is 0.172. The Labute approximate surface area is 138 Å². The topological polar surface area (TPSA) is 125 Å². The monoisotopic (exact) mass is 331 g/mol. The van der Waals surface area contributed by atoms with Gasteiger partial charge in [-0.15, -0.1) is 0 Å². The first kappa shape index (κ1) is 20.2. The average Bonchev–Trinajstić information content (AvgIpc) is 2.54. The minimum atomic E-state index is -0.335. The van der Waals surface area contributed by atoms with E-state index >= 15 is 0 Å². The summed E-state index contributed by atoms with van der Waals surface area (Å²) in [5, 5.41) is 29.1. The summed E-state index contributed by atoms with van der Waals surface area (Å²) in [5.41, 5.74) is 6.14. The number of aliphatic hydroxyl groups excluding tert-OH is 1. The molecule has 0 aromatic rings. The normalized spacial score (nSPS) is 22.9. The lowest BCUT2D eigenvalue weighted by atomic mass is 9.82. The van der Waals surface area contributed by atoms with Crippen LogP contribution in [0.25, 0.3) is 0 Å². The molecule has 8 nitrogen and oxygen atoms in total.